The predicted octanol–water partition coefficient (Wildman–Crippen LogP) is 2.44. The number of nitrogens with one attached hydrogen (secondary N) is 1. The summed E-state index contributed by atoms with van der Waals surface area (Å²) in [6, 6.07) is 1.93. The monoisotopic (exact) mass is 251 g/mol. The molecule has 1 N–H and O–H groups in total. The second kappa shape index (κ2) is 5.57. The first-order chi connectivity index (χ1) is 8.63. The number of carbonyl (C=O) groups is 1. The molecular formula is C14H21NO3. The summed E-state index contributed by atoms with van der Waals surface area (Å²) in [5.74, 6) is 1.06. The molecule has 0 aliphatic heterocycles. The highest BCUT2D eigenvalue weighted by atomic mass is 16.5. The Morgan fingerprint density at radius 1 is 1.56 bits per heavy atom. The number of hydrogen-bond acceptors (Lipinski definition) is 4. The molecule has 18 heavy (non-hydrogen) atoms. The van der Waals surface area contributed by atoms with E-state index in [1.165, 1.54) is 12.7 Å². The minimum Gasteiger partial charge on any atom is -0.469 e. The highest BCUT2D eigenvalue weighted by Gasteiger charge is 2.29. The number of furan rings is 1. The van der Waals surface area contributed by atoms with Crippen molar-refractivity contribution in [3.05, 3.63) is 23.7 Å². The van der Waals surface area contributed by atoms with Gasteiger partial charge in [-0.2, -0.15) is 0 Å². The zero-order chi connectivity index (χ0) is 13.1. The topological polar surface area (TPSA) is 51.5 Å². The summed E-state index contributed by atoms with van der Waals surface area (Å²) < 4.78 is 10.3. The van der Waals surface area contributed by atoms with Crippen LogP contribution in [0.4, 0.5) is 0 Å². The Labute approximate surface area is 108 Å². The van der Waals surface area contributed by atoms with Crippen molar-refractivity contribution >= 4 is 5.97 Å². The third kappa shape index (κ3) is 2.58. The molecule has 0 aromatic carbocycles. The van der Waals surface area contributed by atoms with Gasteiger partial charge in [-0.3, -0.25) is 10.1 Å². The lowest BCUT2D eigenvalue weighted by atomic mass is 9.91. The summed E-state index contributed by atoms with van der Waals surface area (Å²) >= 11 is 0. The van der Waals surface area contributed by atoms with E-state index in [9.17, 15) is 4.79 Å². The van der Waals surface area contributed by atoms with Crippen LogP contribution in [0.3, 0.4) is 0 Å². The second-order valence-corrected chi connectivity index (χ2v) is 5.16. The Morgan fingerprint density at radius 2 is 2.33 bits per heavy atom. The maximum Gasteiger partial charge on any atom is 0.323 e. The van der Waals surface area contributed by atoms with Gasteiger partial charge in [-0.25, -0.2) is 0 Å². The van der Waals surface area contributed by atoms with Gasteiger partial charge in [-0.05, 0) is 24.8 Å². The van der Waals surface area contributed by atoms with Crippen LogP contribution in [0.25, 0.3) is 0 Å². The fourth-order valence-electron chi connectivity index (χ4n) is 2.54. The molecule has 0 saturated heterocycles. The van der Waals surface area contributed by atoms with Gasteiger partial charge >= 0.3 is 5.97 Å². The molecule has 0 bridgehead atoms. The van der Waals surface area contributed by atoms with Gasteiger partial charge in [0.05, 0.1) is 13.4 Å². The molecule has 4 nitrogen and oxygen atoms in total. The average Bonchev–Trinajstić information content (AvgIpc) is 2.83. The van der Waals surface area contributed by atoms with Gasteiger partial charge in [-0.1, -0.05) is 13.8 Å². The Balaban J connectivity index is 2.12. The summed E-state index contributed by atoms with van der Waals surface area (Å²) in [5.41, 5.74) is 1.19. The standard InChI is InChI=1S/C14H21NO3/c1-9(2)13(14(16)17-3)15-11-5-4-6-12-10(11)7-8-18-12/h7-9,11,13,15H,4-6H2,1-3H3/t11?,13-/m0/s1. The first kappa shape index (κ1) is 13.1. The summed E-state index contributed by atoms with van der Waals surface area (Å²) in [7, 11) is 1.43. The van der Waals surface area contributed by atoms with Gasteiger partial charge in [0, 0.05) is 18.0 Å². The zero-order valence-corrected chi connectivity index (χ0v) is 11.2. The molecule has 2 rings (SSSR count). The molecule has 1 aliphatic rings. The highest BCUT2D eigenvalue weighted by Crippen LogP contribution is 2.31. The maximum absolute atomic E-state index is 11.8. The first-order valence-corrected chi connectivity index (χ1v) is 6.53. The van der Waals surface area contributed by atoms with E-state index in [2.05, 4.69) is 5.32 Å². The summed E-state index contributed by atoms with van der Waals surface area (Å²) in [6.07, 6.45) is 4.84. The molecule has 1 aromatic heterocycles. The smallest absolute Gasteiger partial charge is 0.323 e. The summed E-state index contributed by atoms with van der Waals surface area (Å²) in [5, 5.41) is 3.41. The van der Waals surface area contributed by atoms with Gasteiger partial charge in [0.15, 0.2) is 0 Å². The van der Waals surface area contributed by atoms with Crippen molar-refractivity contribution in [2.75, 3.05) is 7.11 Å². The number of ether oxygens (including phenoxy) is 1. The third-order valence-electron chi connectivity index (χ3n) is 3.55. The largest absolute Gasteiger partial charge is 0.469 e. The molecular weight excluding hydrogens is 230 g/mol. The van der Waals surface area contributed by atoms with Gasteiger partial charge in [-0.15, -0.1) is 0 Å². The van der Waals surface area contributed by atoms with E-state index >= 15 is 0 Å². The number of carbonyl (C=O) groups excluding carboxylic acids is 1. The molecule has 0 spiro atoms. The van der Waals surface area contributed by atoms with Crippen LogP contribution in [0.1, 0.15) is 44.1 Å². The number of fused-ring (bicyclic) bond motifs is 1. The SMILES string of the molecule is COC(=O)[C@@H](NC1CCCc2occc21)C(C)C. The molecule has 1 heterocycles. The minimum absolute atomic E-state index is 0.194. The van der Waals surface area contributed by atoms with Crippen molar-refractivity contribution in [1.82, 2.24) is 5.32 Å². The Hall–Kier alpha value is -1.29. The van der Waals surface area contributed by atoms with Crippen LogP contribution >= 0.6 is 0 Å². The van der Waals surface area contributed by atoms with Crippen molar-refractivity contribution in [2.45, 2.75) is 45.2 Å². The number of aryl methyl sites for hydroxylation is 1. The molecule has 4 heteroatoms. The number of hydrogen-bond donors (Lipinski definition) is 1. The predicted molar refractivity (Wildman–Crippen MR) is 68.2 cm³/mol. The molecule has 100 valence electrons. The maximum atomic E-state index is 11.8. The van der Waals surface area contributed by atoms with Crippen LogP contribution in [-0.4, -0.2) is 19.1 Å². The lowest BCUT2D eigenvalue weighted by Gasteiger charge is -2.28. The van der Waals surface area contributed by atoms with E-state index < -0.39 is 0 Å². The number of methoxy groups -OCH3 is 1. The van der Waals surface area contributed by atoms with Crippen LogP contribution < -0.4 is 5.32 Å². The van der Waals surface area contributed by atoms with E-state index in [1.54, 1.807) is 6.26 Å². The third-order valence-corrected chi connectivity index (χ3v) is 3.55. The molecule has 0 saturated carbocycles. The fraction of sp³-hybridized carbons (Fsp3) is 0.643. The minimum atomic E-state index is -0.263. The molecule has 0 amide bonds. The van der Waals surface area contributed by atoms with E-state index in [0.717, 1.165) is 25.0 Å². The second-order valence-electron chi connectivity index (χ2n) is 5.16. The van der Waals surface area contributed by atoms with E-state index in [4.69, 9.17) is 9.15 Å². The molecule has 1 aliphatic carbocycles. The Morgan fingerprint density at radius 3 is 3.00 bits per heavy atom. The Bertz CT molecular complexity index is 411. The van der Waals surface area contributed by atoms with Crippen LogP contribution in [0, 0.1) is 5.92 Å². The number of rotatable bonds is 4. The van der Waals surface area contributed by atoms with Crippen LogP contribution in [0.5, 0.6) is 0 Å². The highest BCUT2D eigenvalue weighted by molar-refractivity contribution is 5.76. The molecule has 0 radical (unpaired) electrons. The normalized spacial score (nSPS) is 20.6. The fourth-order valence-corrected chi connectivity index (χ4v) is 2.54. The van der Waals surface area contributed by atoms with Gasteiger partial charge in [0.1, 0.15) is 11.8 Å². The molecule has 1 unspecified atom stereocenters. The van der Waals surface area contributed by atoms with Crippen molar-refractivity contribution in [3.8, 4) is 0 Å². The van der Waals surface area contributed by atoms with Gasteiger partial charge in [0.2, 0.25) is 0 Å². The van der Waals surface area contributed by atoms with Crippen LogP contribution in [-0.2, 0) is 16.0 Å². The average molecular weight is 251 g/mol. The number of esters is 1. The van der Waals surface area contributed by atoms with Crippen molar-refractivity contribution in [1.29, 1.82) is 0 Å². The molecule has 2 atom stereocenters. The summed E-state index contributed by atoms with van der Waals surface area (Å²) in [6.45, 7) is 4.04. The van der Waals surface area contributed by atoms with Crippen molar-refractivity contribution in [2.24, 2.45) is 5.92 Å². The van der Waals surface area contributed by atoms with Gasteiger partial charge in [0.25, 0.3) is 0 Å². The molecule has 1 aromatic rings. The van der Waals surface area contributed by atoms with Crippen LogP contribution in [0.15, 0.2) is 16.7 Å². The zero-order valence-electron chi connectivity index (χ0n) is 11.2. The Kier molecular flexibility index (Phi) is 4.07. The van der Waals surface area contributed by atoms with Crippen molar-refractivity contribution in [3.63, 3.8) is 0 Å². The van der Waals surface area contributed by atoms with Gasteiger partial charge < -0.3 is 9.15 Å². The lowest BCUT2D eigenvalue weighted by molar-refractivity contribution is -0.144. The summed E-state index contributed by atoms with van der Waals surface area (Å²) in [4.78, 5) is 11.8. The van der Waals surface area contributed by atoms with E-state index in [0.29, 0.717) is 0 Å². The van der Waals surface area contributed by atoms with E-state index in [-0.39, 0.29) is 24.0 Å². The molecule has 0 fully saturated rings. The lowest BCUT2D eigenvalue weighted by Crippen LogP contribution is -2.44. The first-order valence-electron chi connectivity index (χ1n) is 6.53. The van der Waals surface area contributed by atoms with E-state index in [1.807, 2.05) is 19.9 Å². The van der Waals surface area contributed by atoms with Crippen molar-refractivity contribution < 1.29 is 13.9 Å². The van der Waals surface area contributed by atoms with Crippen LogP contribution in [0.2, 0.25) is 0 Å². The quantitative estimate of drug-likeness (QED) is 0.835.